The molecule has 136 valence electrons. The van der Waals surface area contributed by atoms with E-state index in [0.29, 0.717) is 5.82 Å². The van der Waals surface area contributed by atoms with Gasteiger partial charge in [-0.3, -0.25) is 4.99 Å². The summed E-state index contributed by atoms with van der Waals surface area (Å²) in [6.07, 6.45) is 6.86. The Morgan fingerprint density at radius 2 is 2.04 bits per heavy atom. The SMILES string of the molecule is CCCCC(C)=Nc1c(N)nc2cccc(CCC(C)CC)c2c1C. The lowest BCUT2D eigenvalue weighted by Gasteiger charge is -2.15. The van der Waals surface area contributed by atoms with E-state index >= 15 is 0 Å². The minimum Gasteiger partial charge on any atom is -0.382 e. The van der Waals surface area contributed by atoms with Crippen LogP contribution in [-0.2, 0) is 6.42 Å². The number of aromatic nitrogens is 1. The van der Waals surface area contributed by atoms with Crippen LogP contribution in [0.25, 0.3) is 10.9 Å². The first-order valence-corrected chi connectivity index (χ1v) is 9.69. The molecule has 3 heteroatoms. The first kappa shape index (κ1) is 19.4. The highest BCUT2D eigenvalue weighted by molar-refractivity contribution is 5.95. The van der Waals surface area contributed by atoms with Gasteiger partial charge in [0.2, 0.25) is 0 Å². The highest BCUT2D eigenvalue weighted by Gasteiger charge is 2.13. The van der Waals surface area contributed by atoms with Gasteiger partial charge in [0.1, 0.15) is 11.5 Å². The van der Waals surface area contributed by atoms with Crippen molar-refractivity contribution in [1.82, 2.24) is 4.98 Å². The van der Waals surface area contributed by atoms with Gasteiger partial charge in [0.05, 0.1) is 5.52 Å². The van der Waals surface area contributed by atoms with Gasteiger partial charge in [-0.15, -0.1) is 0 Å². The molecule has 1 aromatic carbocycles. The van der Waals surface area contributed by atoms with Crippen molar-refractivity contribution in [2.75, 3.05) is 5.73 Å². The zero-order chi connectivity index (χ0) is 18.4. The molecule has 0 aliphatic carbocycles. The van der Waals surface area contributed by atoms with E-state index in [1.165, 1.54) is 30.2 Å². The van der Waals surface area contributed by atoms with Crippen molar-refractivity contribution in [3.8, 4) is 0 Å². The van der Waals surface area contributed by atoms with Crippen molar-refractivity contribution in [1.29, 1.82) is 0 Å². The minimum absolute atomic E-state index is 0.542. The molecule has 1 atom stereocenters. The Kier molecular flexibility index (Phi) is 6.98. The van der Waals surface area contributed by atoms with Gasteiger partial charge in [-0.25, -0.2) is 4.98 Å². The fourth-order valence-electron chi connectivity index (χ4n) is 3.24. The molecular weight excluding hydrogens is 306 g/mol. The maximum absolute atomic E-state index is 6.24. The van der Waals surface area contributed by atoms with E-state index in [9.17, 15) is 0 Å². The molecule has 0 amide bonds. The molecule has 0 aliphatic rings. The molecule has 0 saturated carbocycles. The van der Waals surface area contributed by atoms with Gasteiger partial charge in [0.15, 0.2) is 0 Å². The molecule has 0 saturated heterocycles. The first-order valence-electron chi connectivity index (χ1n) is 9.69. The van der Waals surface area contributed by atoms with E-state index in [1.807, 2.05) is 0 Å². The number of fused-ring (bicyclic) bond motifs is 1. The van der Waals surface area contributed by atoms with E-state index in [4.69, 9.17) is 10.7 Å². The van der Waals surface area contributed by atoms with Gasteiger partial charge >= 0.3 is 0 Å². The Morgan fingerprint density at radius 3 is 2.72 bits per heavy atom. The third-order valence-corrected chi connectivity index (χ3v) is 5.14. The average molecular weight is 340 g/mol. The monoisotopic (exact) mass is 339 g/mol. The summed E-state index contributed by atoms with van der Waals surface area (Å²) in [4.78, 5) is 9.48. The number of hydrogen-bond acceptors (Lipinski definition) is 3. The van der Waals surface area contributed by atoms with Crippen LogP contribution in [0.5, 0.6) is 0 Å². The third kappa shape index (κ3) is 4.81. The topological polar surface area (TPSA) is 51.3 Å². The van der Waals surface area contributed by atoms with Gasteiger partial charge in [-0.2, -0.15) is 0 Å². The van der Waals surface area contributed by atoms with Gasteiger partial charge < -0.3 is 5.73 Å². The third-order valence-electron chi connectivity index (χ3n) is 5.14. The molecule has 0 radical (unpaired) electrons. The lowest BCUT2D eigenvalue weighted by Crippen LogP contribution is -2.01. The number of nitrogens with zero attached hydrogens (tertiary/aromatic N) is 2. The zero-order valence-electron chi connectivity index (χ0n) is 16.5. The second kappa shape index (κ2) is 8.98. The highest BCUT2D eigenvalue weighted by Crippen LogP contribution is 2.34. The Labute approximate surface area is 152 Å². The van der Waals surface area contributed by atoms with Crippen LogP contribution in [0.4, 0.5) is 11.5 Å². The molecule has 2 N–H and O–H groups in total. The lowest BCUT2D eigenvalue weighted by molar-refractivity contribution is 0.517. The lowest BCUT2D eigenvalue weighted by atomic mass is 9.94. The van der Waals surface area contributed by atoms with E-state index in [0.717, 1.165) is 47.7 Å². The summed E-state index contributed by atoms with van der Waals surface area (Å²) in [6.45, 7) is 11.0. The molecule has 25 heavy (non-hydrogen) atoms. The average Bonchev–Trinajstić information content (AvgIpc) is 2.60. The summed E-state index contributed by atoms with van der Waals surface area (Å²) in [6, 6.07) is 6.38. The fraction of sp³-hybridized carbons (Fsp3) is 0.545. The molecule has 3 nitrogen and oxygen atoms in total. The van der Waals surface area contributed by atoms with Crippen molar-refractivity contribution in [3.05, 3.63) is 29.3 Å². The molecule has 2 rings (SSSR count). The molecule has 0 fully saturated rings. The fourth-order valence-corrected chi connectivity index (χ4v) is 3.24. The van der Waals surface area contributed by atoms with Crippen LogP contribution in [0.15, 0.2) is 23.2 Å². The quantitative estimate of drug-likeness (QED) is 0.567. The second-order valence-electron chi connectivity index (χ2n) is 7.28. The number of anilines is 1. The van der Waals surface area contributed by atoms with Gasteiger partial charge in [-0.1, -0.05) is 45.7 Å². The number of aliphatic imine (C=N–C) groups is 1. The first-order chi connectivity index (χ1) is 12.0. The maximum Gasteiger partial charge on any atom is 0.150 e. The number of pyridine rings is 1. The second-order valence-corrected chi connectivity index (χ2v) is 7.28. The predicted octanol–water partition coefficient (Wildman–Crippen LogP) is 6.39. The molecule has 1 heterocycles. The summed E-state index contributed by atoms with van der Waals surface area (Å²) in [7, 11) is 0. The van der Waals surface area contributed by atoms with E-state index < -0.39 is 0 Å². The number of aryl methyl sites for hydroxylation is 2. The number of unbranched alkanes of at least 4 members (excludes halogenated alkanes) is 1. The van der Waals surface area contributed by atoms with Crippen LogP contribution in [-0.4, -0.2) is 10.7 Å². The molecule has 1 aromatic heterocycles. The highest BCUT2D eigenvalue weighted by atomic mass is 14.9. The van der Waals surface area contributed by atoms with Crippen LogP contribution < -0.4 is 5.73 Å². The number of hydrogen-bond donors (Lipinski definition) is 1. The van der Waals surface area contributed by atoms with Crippen molar-refractivity contribution >= 4 is 28.1 Å². The summed E-state index contributed by atoms with van der Waals surface area (Å²) >= 11 is 0. The van der Waals surface area contributed by atoms with Crippen molar-refractivity contribution in [3.63, 3.8) is 0 Å². The normalized spacial score (nSPS) is 13.4. The van der Waals surface area contributed by atoms with Crippen LogP contribution in [0.3, 0.4) is 0 Å². The Morgan fingerprint density at radius 1 is 1.28 bits per heavy atom. The van der Waals surface area contributed by atoms with Crippen LogP contribution in [0, 0.1) is 12.8 Å². The van der Waals surface area contributed by atoms with Gasteiger partial charge in [0, 0.05) is 11.1 Å². The van der Waals surface area contributed by atoms with Crippen molar-refractivity contribution in [2.45, 2.75) is 73.1 Å². The summed E-state index contributed by atoms with van der Waals surface area (Å²) < 4.78 is 0. The van der Waals surface area contributed by atoms with Crippen LogP contribution >= 0.6 is 0 Å². The number of rotatable bonds is 8. The maximum atomic E-state index is 6.24. The standard InChI is InChI=1S/C22H33N3/c1-6-8-10-16(4)24-21-17(5)20-18(14-13-15(3)7-2)11-9-12-19(20)25-22(21)23/h9,11-12,15H,6-8,10,13-14H2,1-5H3,(H2,23,25). The largest absolute Gasteiger partial charge is 0.382 e. The minimum atomic E-state index is 0.542. The number of benzene rings is 1. The van der Waals surface area contributed by atoms with Gasteiger partial charge in [0.25, 0.3) is 0 Å². The smallest absolute Gasteiger partial charge is 0.150 e. The molecule has 0 bridgehead atoms. The molecule has 2 aromatic rings. The Hall–Kier alpha value is -1.90. The van der Waals surface area contributed by atoms with E-state index in [2.05, 4.69) is 57.8 Å². The van der Waals surface area contributed by atoms with Crippen LogP contribution in [0.1, 0.15) is 70.9 Å². The summed E-state index contributed by atoms with van der Waals surface area (Å²) in [5, 5.41) is 1.24. The van der Waals surface area contributed by atoms with Crippen LogP contribution in [0.2, 0.25) is 0 Å². The van der Waals surface area contributed by atoms with Crippen molar-refractivity contribution < 1.29 is 0 Å². The molecule has 0 spiro atoms. The number of nitrogens with two attached hydrogens (primary N) is 1. The predicted molar refractivity (Wildman–Crippen MR) is 111 cm³/mol. The van der Waals surface area contributed by atoms with Crippen molar-refractivity contribution in [2.24, 2.45) is 10.9 Å². The Bertz CT molecular complexity index is 747. The molecular formula is C22H33N3. The summed E-state index contributed by atoms with van der Waals surface area (Å²) in [5.41, 5.74) is 11.8. The van der Waals surface area contributed by atoms with E-state index in [1.54, 1.807) is 0 Å². The summed E-state index contributed by atoms with van der Waals surface area (Å²) in [5.74, 6) is 1.28. The molecule has 1 unspecified atom stereocenters. The zero-order valence-corrected chi connectivity index (χ0v) is 16.5. The van der Waals surface area contributed by atoms with Gasteiger partial charge in [-0.05, 0) is 62.6 Å². The molecule has 0 aliphatic heterocycles. The Balaban J connectivity index is 2.47. The van der Waals surface area contributed by atoms with E-state index in [-0.39, 0.29) is 0 Å². The number of nitrogen functional groups attached to an aromatic ring is 1.